The molecule has 0 bridgehead atoms. The van der Waals surface area contributed by atoms with Crippen LogP contribution in [-0.2, 0) is 4.74 Å². The van der Waals surface area contributed by atoms with E-state index in [1.165, 1.54) is 5.57 Å². The van der Waals surface area contributed by atoms with Crippen LogP contribution in [0.3, 0.4) is 0 Å². The maximum atomic E-state index is 6.06. The van der Waals surface area contributed by atoms with Gasteiger partial charge in [0.25, 0.3) is 0 Å². The summed E-state index contributed by atoms with van der Waals surface area (Å²) < 4.78 is 11.4. The minimum atomic E-state index is -0.0393. The lowest BCUT2D eigenvalue weighted by molar-refractivity contribution is -0.0173. The lowest BCUT2D eigenvalue weighted by atomic mass is 9.99. The van der Waals surface area contributed by atoms with Gasteiger partial charge in [-0.2, -0.15) is 0 Å². The van der Waals surface area contributed by atoms with Gasteiger partial charge in [-0.15, -0.1) is 0 Å². The minimum Gasteiger partial charge on any atom is -0.488 e. The Labute approximate surface area is 144 Å². The van der Waals surface area contributed by atoms with Crippen LogP contribution in [0.2, 0.25) is 10.0 Å². The molecule has 1 rings (SSSR count). The topological polar surface area (TPSA) is 18.5 Å². The Morgan fingerprint density at radius 1 is 1.27 bits per heavy atom. The fraction of sp³-hybridized carbons (Fsp3) is 0.556. The summed E-state index contributed by atoms with van der Waals surface area (Å²) in [5.74, 6) is 0.660. The van der Waals surface area contributed by atoms with Crippen LogP contribution in [0.25, 0.3) is 0 Å². The maximum Gasteiger partial charge on any atom is 0.138 e. The Kier molecular flexibility index (Phi) is 8.30. The molecule has 0 N–H and O–H groups in total. The smallest absolute Gasteiger partial charge is 0.138 e. The van der Waals surface area contributed by atoms with Crippen molar-refractivity contribution in [2.75, 3.05) is 13.2 Å². The zero-order valence-electron chi connectivity index (χ0n) is 13.9. The number of ether oxygens (including phenoxy) is 2. The first-order valence-corrected chi connectivity index (χ1v) is 8.47. The van der Waals surface area contributed by atoms with Gasteiger partial charge in [0.15, 0.2) is 0 Å². The van der Waals surface area contributed by atoms with Crippen molar-refractivity contribution in [3.8, 4) is 5.75 Å². The Hall–Kier alpha value is -0.700. The van der Waals surface area contributed by atoms with Crippen LogP contribution in [-0.4, -0.2) is 18.8 Å². The summed E-state index contributed by atoms with van der Waals surface area (Å²) in [7, 11) is 0. The Bertz CT molecular complexity index is 496. The molecule has 1 aromatic rings. The van der Waals surface area contributed by atoms with E-state index in [0.29, 0.717) is 22.4 Å². The van der Waals surface area contributed by atoms with Crippen molar-refractivity contribution >= 4 is 23.2 Å². The van der Waals surface area contributed by atoms with Gasteiger partial charge < -0.3 is 9.47 Å². The van der Waals surface area contributed by atoms with Gasteiger partial charge in [-0.05, 0) is 71.2 Å². The largest absolute Gasteiger partial charge is 0.488 e. The van der Waals surface area contributed by atoms with Crippen LogP contribution in [0, 0.1) is 0 Å². The normalized spacial score (nSPS) is 12.5. The summed E-state index contributed by atoms with van der Waals surface area (Å²) in [6.07, 6.45) is 5.31. The fourth-order valence-electron chi connectivity index (χ4n) is 2.22. The van der Waals surface area contributed by atoms with E-state index in [-0.39, 0.29) is 5.60 Å². The molecule has 0 saturated heterocycles. The molecule has 0 aliphatic carbocycles. The molecular formula is C18H26Cl2O2. The van der Waals surface area contributed by atoms with E-state index in [2.05, 4.69) is 26.8 Å². The minimum absolute atomic E-state index is 0.0393. The van der Waals surface area contributed by atoms with Crippen LogP contribution in [0.1, 0.15) is 47.0 Å². The molecule has 4 heteroatoms. The van der Waals surface area contributed by atoms with E-state index in [0.717, 1.165) is 25.9 Å². The zero-order chi connectivity index (χ0) is 16.6. The van der Waals surface area contributed by atoms with E-state index in [1.54, 1.807) is 18.2 Å². The van der Waals surface area contributed by atoms with Gasteiger partial charge in [0, 0.05) is 11.6 Å². The first-order valence-electron chi connectivity index (χ1n) is 7.71. The molecule has 0 aromatic heterocycles. The number of benzene rings is 1. The van der Waals surface area contributed by atoms with Crippen LogP contribution >= 0.6 is 23.2 Å². The lowest BCUT2D eigenvalue weighted by Crippen LogP contribution is -2.24. The van der Waals surface area contributed by atoms with Crippen LogP contribution in [0.4, 0.5) is 0 Å². The quantitative estimate of drug-likeness (QED) is 0.489. The molecule has 22 heavy (non-hydrogen) atoms. The molecule has 2 nitrogen and oxygen atoms in total. The molecule has 0 aliphatic heterocycles. The van der Waals surface area contributed by atoms with Gasteiger partial charge >= 0.3 is 0 Å². The van der Waals surface area contributed by atoms with Crippen molar-refractivity contribution in [3.63, 3.8) is 0 Å². The number of halogens is 2. The third kappa shape index (κ3) is 7.53. The molecule has 0 aliphatic rings. The fourth-order valence-corrected chi connectivity index (χ4v) is 2.69. The monoisotopic (exact) mass is 344 g/mol. The number of hydrogen-bond donors (Lipinski definition) is 0. The molecule has 0 unspecified atom stereocenters. The molecule has 1 aromatic carbocycles. The average molecular weight is 345 g/mol. The predicted octanol–water partition coefficient (Wildman–Crippen LogP) is 6.30. The van der Waals surface area contributed by atoms with E-state index in [4.69, 9.17) is 32.7 Å². The molecule has 0 spiro atoms. The standard InChI is InChI=1S/C18H26Cl2O2/c1-5-22-18(3,4)11-6-7-14(2)10-12-21-17-9-8-15(19)13-16(17)20/h8-10,13H,5-7,11-12H2,1-4H3. The zero-order valence-corrected chi connectivity index (χ0v) is 15.4. The molecule has 0 saturated carbocycles. The second-order valence-corrected chi connectivity index (χ2v) is 6.83. The Morgan fingerprint density at radius 3 is 2.64 bits per heavy atom. The molecule has 0 radical (unpaired) electrons. The van der Waals surface area contributed by atoms with Crippen molar-refractivity contribution in [1.29, 1.82) is 0 Å². The highest BCUT2D eigenvalue weighted by molar-refractivity contribution is 6.35. The number of hydrogen-bond acceptors (Lipinski definition) is 2. The van der Waals surface area contributed by atoms with Gasteiger partial charge in [0.05, 0.1) is 10.6 Å². The predicted molar refractivity (Wildman–Crippen MR) is 95.3 cm³/mol. The van der Waals surface area contributed by atoms with Crippen molar-refractivity contribution in [1.82, 2.24) is 0 Å². The molecule has 0 heterocycles. The van der Waals surface area contributed by atoms with Crippen LogP contribution in [0.5, 0.6) is 5.75 Å². The summed E-state index contributed by atoms with van der Waals surface area (Å²) in [6, 6.07) is 5.25. The highest BCUT2D eigenvalue weighted by Gasteiger charge is 2.16. The highest BCUT2D eigenvalue weighted by Crippen LogP contribution is 2.27. The summed E-state index contributed by atoms with van der Waals surface area (Å²) in [4.78, 5) is 0. The number of allylic oxidation sites excluding steroid dienone is 1. The van der Waals surface area contributed by atoms with Crippen molar-refractivity contribution in [2.24, 2.45) is 0 Å². The summed E-state index contributed by atoms with van der Waals surface area (Å²) in [6.45, 7) is 9.72. The highest BCUT2D eigenvalue weighted by atomic mass is 35.5. The van der Waals surface area contributed by atoms with Crippen molar-refractivity contribution < 1.29 is 9.47 Å². The Morgan fingerprint density at radius 2 is 2.00 bits per heavy atom. The van der Waals surface area contributed by atoms with E-state index >= 15 is 0 Å². The van der Waals surface area contributed by atoms with Gasteiger partial charge in [0.1, 0.15) is 12.4 Å². The molecule has 0 fully saturated rings. The molecular weight excluding hydrogens is 319 g/mol. The number of rotatable bonds is 9. The average Bonchev–Trinajstić information content (AvgIpc) is 2.41. The first kappa shape index (κ1) is 19.3. The maximum absolute atomic E-state index is 6.06. The Balaban J connectivity index is 2.34. The van der Waals surface area contributed by atoms with Crippen molar-refractivity contribution in [2.45, 2.75) is 52.6 Å². The third-order valence-corrected chi connectivity index (χ3v) is 3.98. The summed E-state index contributed by atoms with van der Waals surface area (Å²) in [5, 5.41) is 1.15. The van der Waals surface area contributed by atoms with Crippen molar-refractivity contribution in [3.05, 3.63) is 39.9 Å². The van der Waals surface area contributed by atoms with E-state index < -0.39 is 0 Å². The van der Waals surface area contributed by atoms with Gasteiger partial charge in [-0.1, -0.05) is 28.8 Å². The van der Waals surface area contributed by atoms with E-state index in [1.807, 2.05) is 6.92 Å². The van der Waals surface area contributed by atoms with E-state index in [9.17, 15) is 0 Å². The second-order valence-electron chi connectivity index (χ2n) is 5.98. The molecule has 124 valence electrons. The SMILES string of the molecule is CCOC(C)(C)CCCC(C)=CCOc1ccc(Cl)cc1Cl. The lowest BCUT2D eigenvalue weighted by Gasteiger charge is -2.24. The molecule has 0 amide bonds. The second kappa shape index (κ2) is 9.44. The molecule has 0 atom stereocenters. The summed E-state index contributed by atoms with van der Waals surface area (Å²) >= 11 is 11.9. The first-order chi connectivity index (χ1) is 10.3. The van der Waals surface area contributed by atoms with Gasteiger partial charge in [-0.3, -0.25) is 0 Å². The van der Waals surface area contributed by atoms with Gasteiger partial charge in [0.2, 0.25) is 0 Å². The summed E-state index contributed by atoms with van der Waals surface area (Å²) in [5.41, 5.74) is 1.28. The third-order valence-electron chi connectivity index (χ3n) is 3.45. The van der Waals surface area contributed by atoms with Gasteiger partial charge in [-0.25, -0.2) is 0 Å². The van der Waals surface area contributed by atoms with Crippen LogP contribution < -0.4 is 4.74 Å². The van der Waals surface area contributed by atoms with Crippen LogP contribution in [0.15, 0.2) is 29.8 Å².